The van der Waals surface area contributed by atoms with Crippen molar-refractivity contribution in [2.75, 3.05) is 0 Å². The summed E-state index contributed by atoms with van der Waals surface area (Å²) in [4.78, 5) is 27.0. The lowest BCUT2D eigenvalue weighted by Gasteiger charge is -2.42. The minimum atomic E-state index is -0.644. The average Bonchev–Trinajstić information content (AvgIpc) is 2.95. The molecule has 0 saturated carbocycles. The number of hydrogen-bond acceptors (Lipinski definition) is 5. The number of fused-ring (bicyclic) bond motifs is 1. The Morgan fingerprint density at radius 1 is 1.07 bits per heavy atom. The van der Waals surface area contributed by atoms with Crippen LogP contribution in [0.15, 0.2) is 60.7 Å². The van der Waals surface area contributed by atoms with Crippen molar-refractivity contribution in [3.05, 3.63) is 71.8 Å². The second-order valence-electron chi connectivity index (χ2n) is 7.42. The molecular weight excluding hydrogens is 360 g/mol. The number of benzene rings is 2. The summed E-state index contributed by atoms with van der Waals surface area (Å²) in [6.07, 6.45) is -0.523. The van der Waals surface area contributed by atoms with E-state index in [2.05, 4.69) is 0 Å². The molecule has 5 nitrogen and oxygen atoms in total. The molecule has 2 aliphatic heterocycles. The predicted octanol–water partition coefficient (Wildman–Crippen LogP) is 2.71. The van der Waals surface area contributed by atoms with E-state index in [0.29, 0.717) is 0 Å². The number of rotatable bonds is 4. The van der Waals surface area contributed by atoms with Gasteiger partial charge < -0.3 is 15.4 Å². The highest BCUT2D eigenvalue weighted by atomic mass is 32.2. The largest absolute Gasteiger partial charge is 0.451 e. The highest BCUT2D eigenvalue weighted by Gasteiger charge is 2.63. The molecule has 2 aromatic rings. The van der Waals surface area contributed by atoms with Crippen LogP contribution in [0.5, 0.6) is 0 Å². The Morgan fingerprint density at radius 2 is 1.59 bits per heavy atom. The number of carbonyl (C=O) groups excluding carboxylic acids is 2. The van der Waals surface area contributed by atoms with Crippen LogP contribution in [0, 0.1) is 0 Å². The molecular formula is C21H22N2O3S. The molecule has 0 bridgehead atoms. The van der Waals surface area contributed by atoms with Gasteiger partial charge in [0.05, 0.1) is 0 Å². The summed E-state index contributed by atoms with van der Waals surface area (Å²) in [6, 6.07) is 18.1. The summed E-state index contributed by atoms with van der Waals surface area (Å²) >= 11 is 1.56. The lowest BCUT2D eigenvalue weighted by molar-refractivity contribution is -0.165. The van der Waals surface area contributed by atoms with E-state index in [1.54, 1.807) is 16.7 Å². The quantitative estimate of drug-likeness (QED) is 0.650. The zero-order valence-corrected chi connectivity index (χ0v) is 16.1. The molecule has 0 aliphatic carbocycles. The number of hydrogen-bond donors (Lipinski definition) is 1. The molecule has 2 saturated heterocycles. The molecule has 2 aromatic carbocycles. The van der Waals surface area contributed by atoms with Crippen molar-refractivity contribution >= 4 is 23.6 Å². The first-order valence-electron chi connectivity index (χ1n) is 8.96. The van der Waals surface area contributed by atoms with Gasteiger partial charge in [0.2, 0.25) is 5.91 Å². The zero-order chi connectivity index (χ0) is 19.2. The van der Waals surface area contributed by atoms with Gasteiger partial charge >= 0.3 is 5.97 Å². The second kappa shape index (κ2) is 6.69. The zero-order valence-electron chi connectivity index (χ0n) is 15.2. The minimum Gasteiger partial charge on any atom is -0.451 e. The molecule has 0 radical (unpaired) electrons. The Kier molecular flexibility index (Phi) is 4.48. The molecule has 2 heterocycles. The maximum Gasteiger partial charge on any atom is 0.331 e. The summed E-state index contributed by atoms with van der Waals surface area (Å²) in [5, 5.41) is -0.156. The average molecular weight is 382 g/mol. The first kappa shape index (κ1) is 18.1. The molecule has 2 aliphatic rings. The maximum atomic E-state index is 13.2. The van der Waals surface area contributed by atoms with Crippen LogP contribution in [0.2, 0.25) is 0 Å². The number of thioether (sulfide) groups is 1. The highest BCUT2D eigenvalue weighted by molar-refractivity contribution is 8.01. The molecule has 27 heavy (non-hydrogen) atoms. The van der Waals surface area contributed by atoms with Crippen LogP contribution < -0.4 is 5.73 Å². The first-order chi connectivity index (χ1) is 12.9. The Bertz CT molecular complexity index is 817. The molecule has 6 heteroatoms. The van der Waals surface area contributed by atoms with Crippen molar-refractivity contribution in [3.63, 3.8) is 0 Å². The van der Waals surface area contributed by atoms with Crippen LogP contribution in [0.1, 0.15) is 31.1 Å². The van der Waals surface area contributed by atoms with Gasteiger partial charge in [0, 0.05) is 4.75 Å². The predicted molar refractivity (Wildman–Crippen MR) is 105 cm³/mol. The molecule has 0 aromatic heterocycles. The van der Waals surface area contributed by atoms with Crippen LogP contribution in [-0.2, 0) is 14.3 Å². The van der Waals surface area contributed by atoms with E-state index in [0.717, 1.165) is 11.1 Å². The fourth-order valence-electron chi connectivity index (χ4n) is 3.79. The van der Waals surface area contributed by atoms with Crippen molar-refractivity contribution < 1.29 is 14.3 Å². The van der Waals surface area contributed by atoms with Gasteiger partial charge in [0.25, 0.3) is 0 Å². The number of carbonyl (C=O) groups is 2. The van der Waals surface area contributed by atoms with Gasteiger partial charge in [-0.3, -0.25) is 4.79 Å². The summed E-state index contributed by atoms with van der Waals surface area (Å²) in [6.45, 7) is 3.92. The number of β-lactam (4-membered cyclic amide) rings is 1. The molecule has 1 amide bonds. The Balaban J connectivity index is 1.64. The van der Waals surface area contributed by atoms with E-state index in [4.69, 9.17) is 10.5 Å². The number of ether oxygens (including phenoxy) is 1. The van der Waals surface area contributed by atoms with Crippen molar-refractivity contribution in [1.82, 2.24) is 4.90 Å². The van der Waals surface area contributed by atoms with Gasteiger partial charge in [-0.15, -0.1) is 11.8 Å². The minimum absolute atomic E-state index is 0.156. The third-order valence-corrected chi connectivity index (χ3v) is 6.74. The van der Waals surface area contributed by atoms with Crippen LogP contribution >= 0.6 is 11.8 Å². The monoisotopic (exact) mass is 382 g/mol. The number of nitrogens with two attached hydrogens (primary N) is 1. The molecule has 3 atom stereocenters. The molecule has 0 unspecified atom stereocenters. The lowest BCUT2D eigenvalue weighted by Crippen LogP contribution is -2.68. The normalized spacial score (nSPS) is 25.9. The van der Waals surface area contributed by atoms with Gasteiger partial charge in [-0.05, 0) is 25.0 Å². The summed E-state index contributed by atoms with van der Waals surface area (Å²) < 4.78 is 5.54. The molecule has 4 rings (SSSR count). The Morgan fingerprint density at radius 3 is 2.11 bits per heavy atom. The third-order valence-electron chi connectivity index (χ3n) is 5.14. The van der Waals surface area contributed by atoms with Gasteiger partial charge in [-0.1, -0.05) is 60.7 Å². The Hall–Kier alpha value is -2.31. The number of nitrogens with zero attached hydrogens (tertiary/aromatic N) is 1. The summed E-state index contributed by atoms with van der Waals surface area (Å²) in [7, 11) is 0. The van der Waals surface area contributed by atoms with E-state index in [-0.39, 0.29) is 11.3 Å². The van der Waals surface area contributed by atoms with Crippen LogP contribution in [0.25, 0.3) is 0 Å². The maximum absolute atomic E-state index is 13.2. The molecule has 2 fully saturated rings. The van der Waals surface area contributed by atoms with Crippen molar-refractivity contribution in [1.29, 1.82) is 0 Å². The second-order valence-corrected chi connectivity index (χ2v) is 9.19. The summed E-state index contributed by atoms with van der Waals surface area (Å²) in [5.74, 6) is -0.580. The summed E-state index contributed by atoms with van der Waals surface area (Å²) in [5.41, 5.74) is 7.69. The van der Waals surface area contributed by atoms with Gasteiger partial charge in [0.15, 0.2) is 6.10 Å². The fraction of sp³-hybridized carbons (Fsp3) is 0.333. The highest BCUT2D eigenvalue weighted by Crippen LogP contribution is 2.50. The third kappa shape index (κ3) is 3.03. The first-order valence-corrected chi connectivity index (χ1v) is 9.84. The van der Waals surface area contributed by atoms with E-state index >= 15 is 0 Å². The van der Waals surface area contributed by atoms with E-state index in [1.165, 1.54) is 0 Å². The molecule has 2 N–H and O–H groups in total. The standard InChI is InChI=1S/C21H22N2O3S/c1-21(2)17(23-18(24)15(22)19(23)27-21)20(25)26-16(13-9-5-3-6-10-13)14-11-7-4-8-12-14/h3-12,15-17,19H,22H2,1-2H3/t15-,17+,19-/m1/s1. The van der Waals surface area contributed by atoms with E-state index in [1.807, 2.05) is 74.5 Å². The van der Waals surface area contributed by atoms with Crippen LogP contribution in [-0.4, -0.2) is 39.0 Å². The SMILES string of the molecule is CC1(C)S[C@@H]2[C@H](N)C(=O)N2[C@H]1C(=O)OC(c1ccccc1)c1ccccc1. The number of esters is 1. The lowest BCUT2D eigenvalue weighted by atomic mass is 9.96. The van der Waals surface area contributed by atoms with Crippen LogP contribution in [0.4, 0.5) is 0 Å². The van der Waals surface area contributed by atoms with Crippen molar-refractivity contribution in [2.24, 2.45) is 5.73 Å². The molecule has 0 spiro atoms. The smallest absolute Gasteiger partial charge is 0.331 e. The van der Waals surface area contributed by atoms with Crippen molar-refractivity contribution in [2.45, 2.75) is 42.2 Å². The fourth-order valence-corrected chi connectivity index (χ4v) is 5.35. The van der Waals surface area contributed by atoms with E-state index < -0.39 is 28.9 Å². The van der Waals surface area contributed by atoms with Crippen LogP contribution in [0.3, 0.4) is 0 Å². The molecule has 140 valence electrons. The van der Waals surface area contributed by atoms with Gasteiger partial charge in [0.1, 0.15) is 17.5 Å². The Labute approximate surface area is 162 Å². The topological polar surface area (TPSA) is 72.6 Å². The van der Waals surface area contributed by atoms with Gasteiger partial charge in [-0.2, -0.15) is 0 Å². The van der Waals surface area contributed by atoms with E-state index in [9.17, 15) is 9.59 Å². The van der Waals surface area contributed by atoms with Crippen molar-refractivity contribution in [3.8, 4) is 0 Å². The van der Waals surface area contributed by atoms with Gasteiger partial charge in [-0.25, -0.2) is 4.79 Å². The number of amides is 1.